The summed E-state index contributed by atoms with van der Waals surface area (Å²) in [5.74, 6) is 2.20. The van der Waals surface area contributed by atoms with Gasteiger partial charge in [0.05, 0.1) is 12.0 Å². The molecule has 0 atom stereocenters. The summed E-state index contributed by atoms with van der Waals surface area (Å²) >= 11 is 0. The normalized spacial score (nSPS) is 11.0. The highest BCUT2D eigenvalue weighted by Gasteiger charge is 2.10. The molecular weight excluding hydrogens is 422 g/mol. The van der Waals surface area contributed by atoms with Crippen molar-refractivity contribution in [2.45, 2.75) is 13.5 Å². The van der Waals surface area contributed by atoms with E-state index in [1.165, 1.54) is 12.1 Å². The summed E-state index contributed by atoms with van der Waals surface area (Å²) in [6, 6.07) is 19.6. The fourth-order valence-corrected chi connectivity index (χ4v) is 3.20. The first-order valence-corrected chi connectivity index (χ1v) is 10.1. The molecule has 4 aromatic rings. The molecule has 0 aliphatic rings. The van der Waals surface area contributed by atoms with Crippen LogP contribution in [0.25, 0.3) is 23.5 Å². The zero-order chi connectivity index (χ0) is 23.2. The fourth-order valence-electron chi connectivity index (χ4n) is 3.20. The lowest BCUT2D eigenvalue weighted by atomic mass is 10.1. The Kier molecular flexibility index (Phi) is 6.45. The predicted octanol–water partition coefficient (Wildman–Crippen LogP) is 5.71. The minimum atomic E-state index is -0.455. The Morgan fingerprint density at radius 3 is 2.61 bits per heavy atom. The average Bonchev–Trinajstić information content (AvgIpc) is 3.31. The van der Waals surface area contributed by atoms with Gasteiger partial charge in [-0.05, 0) is 60.5 Å². The van der Waals surface area contributed by atoms with E-state index in [1.54, 1.807) is 25.3 Å². The maximum Gasteiger partial charge on any atom is 0.269 e. The Morgan fingerprint density at radius 1 is 1.06 bits per heavy atom. The van der Waals surface area contributed by atoms with Gasteiger partial charge in [0.15, 0.2) is 0 Å². The summed E-state index contributed by atoms with van der Waals surface area (Å²) in [5, 5.41) is 14.7. The van der Waals surface area contributed by atoms with Gasteiger partial charge in [0, 0.05) is 29.3 Å². The molecule has 0 aliphatic heterocycles. The van der Waals surface area contributed by atoms with Crippen molar-refractivity contribution in [3.8, 4) is 22.9 Å². The number of aromatic nitrogens is 2. The highest BCUT2D eigenvalue weighted by molar-refractivity contribution is 5.68. The summed E-state index contributed by atoms with van der Waals surface area (Å²) in [7, 11) is 1.62. The topological polar surface area (TPSA) is 101 Å². The van der Waals surface area contributed by atoms with Crippen molar-refractivity contribution in [1.82, 2.24) is 10.1 Å². The molecule has 0 saturated carbocycles. The Hall–Kier alpha value is -4.46. The van der Waals surface area contributed by atoms with Crippen molar-refractivity contribution in [2.75, 3.05) is 7.11 Å². The molecule has 0 unspecified atom stereocenters. The molecule has 0 amide bonds. The minimum Gasteiger partial charge on any atom is -0.496 e. The van der Waals surface area contributed by atoms with E-state index in [2.05, 4.69) is 10.1 Å². The second kappa shape index (κ2) is 9.78. The van der Waals surface area contributed by atoms with Crippen LogP contribution in [0.2, 0.25) is 0 Å². The van der Waals surface area contributed by atoms with Crippen LogP contribution in [-0.4, -0.2) is 22.2 Å². The van der Waals surface area contributed by atoms with Crippen molar-refractivity contribution in [3.05, 3.63) is 99.4 Å². The summed E-state index contributed by atoms with van der Waals surface area (Å²) in [5.41, 5.74) is 3.57. The fraction of sp³-hybridized carbons (Fsp3) is 0.120. The lowest BCUT2D eigenvalue weighted by molar-refractivity contribution is -0.384. The Labute approximate surface area is 190 Å². The molecule has 3 aromatic carbocycles. The molecule has 33 heavy (non-hydrogen) atoms. The molecule has 0 spiro atoms. The maximum absolute atomic E-state index is 10.8. The molecule has 8 heteroatoms. The number of benzene rings is 3. The van der Waals surface area contributed by atoms with E-state index < -0.39 is 4.92 Å². The standard InChI is InChI=1S/C25H21N3O5/c1-17-4-3-5-22(14-17)32-16-20-15-18(6-12-23(20)31-2)7-13-24-26-25(27-33-24)19-8-10-21(11-9-19)28(29)30/h3-15H,16H2,1-2H3/b13-7-. The van der Waals surface area contributed by atoms with Crippen LogP contribution in [-0.2, 0) is 6.61 Å². The van der Waals surface area contributed by atoms with Crippen molar-refractivity contribution < 1.29 is 18.9 Å². The largest absolute Gasteiger partial charge is 0.496 e. The first-order chi connectivity index (χ1) is 16.0. The van der Waals surface area contributed by atoms with Crippen LogP contribution < -0.4 is 9.47 Å². The van der Waals surface area contributed by atoms with E-state index in [9.17, 15) is 10.1 Å². The highest BCUT2D eigenvalue weighted by Crippen LogP contribution is 2.24. The van der Waals surface area contributed by atoms with Gasteiger partial charge in [0.2, 0.25) is 5.82 Å². The third kappa shape index (κ3) is 5.43. The van der Waals surface area contributed by atoms with Gasteiger partial charge in [0.25, 0.3) is 11.6 Å². The summed E-state index contributed by atoms with van der Waals surface area (Å²) in [6.07, 6.45) is 3.55. The van der Waals surface area contributed by atoms with Gasteiger partial charge in [-0.25, -0.2) is 0 Å². The van der Waals surface area contributed by atoms with Crippen LogP contribution in [0.1, 0.15) is 22.6 Å². The van der Waals surface area contributed by atoms with Crippen molar-refractivity contribution in [2.24, 2.45) is 0 Å². The van der Waals surface area contributed by atoms with Crippen LogP contribution in [0.5, 0.6) is 11.5 Å². The van der Waals surface area contributed by atoms with E-state index >= 15 is 0 Å². The number of methoxy groups -OCH3 is 1. The minimum absolute atomic E-state index is 0.00375. The van der Waals surface area contributed by atoms with E-state index in [0.29, 0.717) is 23.9 Å². The van der Waals surface area contributed by atoms with Crippen LogP contribution >= 0.6 is 0 Å². The number of rotatable bonds is 8. The molecule has 8 nitrogen and oxygen atoms in total. The zero-order valence-electron chi connectivity index (χ0n) is 18.1. The third-order valence-electron chi connectivity index (χ3n) is 4.88. The molecule has 1 heterocycles. The van der Waals surface area contributed by atoms with Crippen LogP contribution in [0.15, 0.2) is 71.3 Å². The van der Waals surface area contributed by atoms with Crippen molar-refractivity contribution in [3.63, 3.8) is 0 Å². The molecule has 4 rings (SSSR count). The molecule has 1 aromatic heterocycles. The first kappa shape index (κ1) is 21.8. The molecule has 0 aliphatic carbocycles. The molecule has 0 saturated heterocycles. The first-order valence-electron chi connectivity index (χ1n) is 10.1. The highest BCUT2D eigenvalue weighted by atomic mass is 16.6. The second-order valence-corrected chi connectivity index (χ2v) is 7.27. The molecule has 0 fully saturated rings. The van der Waals surface area contributed by atoms with E-state index in [4.69, 9.17) is 14.0 Å². The molecule has 0 bridgehead atoms. The van der Waals surface area contributed by atoms with Gasteiger partial charge in [0.1, 0.15) is 18.1 Å². The Morgan fingerprint density at radius 2 is 1.88 bits per heavy atom. The summed E-state index contributed by atoms with van der Waals surface area (Å²) in [6.45, 7) is 2.38. The second-order valence-electron chi connectivity index (χ2n) is 7.27. The zero-order valence-corrected chi connectivity index (χ0v) is 18.1. The Bertz CT molecular complexity index is 1300. The predicted molar refractivity (Wildman–Crippen MR) is 124 cm³/mol. The number of nitro groups is 1. The van der Waals surface area contributed by atoms with Gasteiger partial charge >= 0.3 is 0 Å². The number of ether oxygens (including phenoxy) is 2. The van der Waals surface area contributed by atoms with E-state index in [1.807, 2.05) is 55.5 Å². The van der Waals surface area contributed by atoms with Gasteiger partial charge in [-0.1, -0.05) is 23.4 Å². The number of hydrogen-bond acceptors (Lipinski definition) is 7. The van der Waals surface area contributed by atoms with Crippen LogP contribution in [0, 0.1) is 17.0 Å². The number of nitrogens with zero attached hydrogens (tertiary/aromatic N) is 3. The smallest absolute Gasteiger partial charge is 0.269 e. The number of nitro benzene ring substituents is 1. The van der Waals surface area contributed by atoms with Gasteiger partial charge in [-0.2, -0.15) is 4.98 Å². The molecule has 0 radical (unpaired) electrons. The molecule has 166 valence electrons. The molecule has 0 N–H and O–H groups in total. The quantitative estimate of drug-likeness (QED) is 0.254. The van der Waals surface area contributed by atoms with Crippen molar-refractivity contribution >= 4 is 17.8 Å². The number of hydrogen-bond donors (Lipinski definition) is 0. The van der Waals surface area contributed by atoms with E-state index in [0.717, 1.165) is 28.2 Å². The van der Waals surface area contributed by atoms with Gasteiger partial charge in [-0.15, -0.1) is 0 Å². The molecular formula is C25H21N3O5. The van der Waals surface area contributed by atoms with Gasteiger partial charge < -0.3 is 14.0 Å². The third-order valence-corrected chi connectivity index (χ3v) is 4.88. The summed E-state index contributed by atoms with van der Waals surface area (Å²) in [4.78, 5) is 14.7. The summed E-state index contributed by atoms with van der Waals surface area (Å²) < 4.78 is 16.7. The maximum atomic E-state index is 10.8. The lowest BCUT2D eigenvalue weighted by Crippen LogP contribution is -1.99. The van der Waals surface area contributed by atoms with Crippen LogP contribution in [0.3, 0.4) is 0 Å². The monoisotopic (exact) mass is 443 g/mol. The SMILES string of the molecule is COc1ccc(/C=C\c2nc(-c3ccc([N+](=O)[O-])cc3)no2)cc1COc1cccc(C)c1. The van der Waals surface area contributed by atoms with Crippen LogP contribution in [0.4, 0.5) is 5.69 Å². The number of non-ortho nitro benzene ring substituents is 1. The lowest BCUT2D eigenvalue weighted by Gasteiger charge is -2.11. The average molecular weight is 443 g/mol. The van der Waals surface area contributed by atoms with Gasteiger partial charge in [-0.3, -0.25) is 10.1 Å². The van der Waals surface area contributed by atoms with E-state index in [-0.39, 0.29) is 5.69 Å². The number of aryl methyl sites for hydroxylation is 1. The Balaban J connectivity index is 1.48. The van der Waals surface area contributed by atoms with Crippen molar-refractivity contribution in [1.29, 1.82) is 0 Å².